The molecule has 0 aromatic rings. The number of nitrogens with zero attached hydrogens (tertiary/aromatic N) is 1. The SMILES string of the molecule is CC(CNCC1(O)CCCC1)N1CCCC1. The predicted octanol–water partition coefficient (Wildman–Crippen LogP) is 1.37. The van der Waals surface area contributed by atoms with E-state index in [9.17, 15) is 5.11 Å². The fourth-order valence-electron chi connectivity index (χ4n) is 3.04. The highest BCUT2D eigenvalue weighted by Crippen LogP contribution is 2.28. The topological polar surface area (TPSA) is 35.5 Å². The van der Waals surface area contributed by atoms with Gasteiger partial charge in [0.25, 0.3) is 0 Å². The van der Waals surface area contributed by atoms with E-state index >= 15 is 0 Å². The summed E-state index contributed by atoms with van der Waals surface area (Å²) in [5.41, 5.74) is -0.398. The van der Waals surface area contributed by atoms with E-state index in [1.54, 1.807) is 0 Å². The van der Waals surface area contributed by atoms with Crippen molar-refractivity contribution in [2.75, 3.05) is 26.2 Å². The molecule has 1 aliphatic heterocycles. The Morgan fingerprint density at radius 2 is 1.81 bits per heavy atom. The molecule has 1 aliphatic carbocycles. The minimum atomic E-state index is -0.398. The molecule has 2 aliphatic rings. The van der Waals surface area contributed by atoms with Crippen LogP contribution in [0.25, 0.3) is 0 Å². The lowest BCUT2D eigenvalue weighted by Crippen LogP contribution is -2.44. The van der Waals surface area contributed by atoms with E-state index in [0.717, 1.165) is 25.9 Å². The second kappa shape index (κ2) is 5.48. The Labute approximate surface area is 99.2 Å². The number of hydrogen-bond acceptors (Lipinski definition) is 3. The maximum atomic E-state index is 10.2. The van der Waals surface area contributed by atoms with Crippen LogP contribution in [0.5, 0.6) is 0 Å². The van der Waals surface area contributed by atoms with Crippen LogP contribution in [0, 0.1) is 0 Å². The van der Waals surface area contributed by atoms with Crippen molar-refractivity contribution in [1.29, 1.82) is 0 Å². The summed E-state index contributed by atoms with van der Waals surface area (Å²) in [7, 11) is 0. The second-order valence-electron chi connectivity index (χ2n) is 5.65. The van der Waals surface area contributed by atoms with Gasteiger partial charge in [-0.25, -0.2) is 0 Å². The van der Waals surface area contributed by atoms with Crippen LogP contribution in [0.15, 0.2) is 0 Å². The van der Waals surface area contributed by atoms with Crippen molar-refractivity contribution in [3.8, 4) is 0 Å². The Bertz CT molecular complexity index is 208. The summed E-state index contributed by atoms with van der Waals surface area (Å²) >= 11 is 0. The summed E-state index contributed by atoms with van der Waals surface area (Å²) in [4.78, 5) is 2.55. The van der Waals surface area contributed by atoms with Crippen LogP contribution in [-0.4, -0.2) is 47.8 Å². The van der Waals surface area contributed by atoms with E-state index in [4.69, 9.17) is 0 Å². The van der Waals surface area contributed by atoms with Crippen LogP contribution in [0.2, 0.25) is 0 Å². The summed E-state index contributed by atoms with van der Waals surface area (Å²) in [6.07, 6.45) is 7.07. The zero-order valence-corrected chi connectivity index (χ0v) is 10.5. The quantitative estimate of drug-likeness (QED) is 0.743. The van der Waals surface area contributed by atoms with Crippen molar-refractivity contribution >= 4 is 0 Å². The molecule has 1 heterocycles. The monoisotopic (exact) mass is 226 g/mol. The Hall–Kier alpha value is -0.120. The van der Waals surface area contributed by atoms with Crippen molar-refractivity contribution in [2.24, 2.45) is 0 Å². The van der Waals surface area contributed by atoms with Gasteiger partial charge < -0.3 is 10.4 Å². The zero-order chi connectivity index (χ0) is 11.4. The van der Waals surface area contributed by atoms with Gasteiger partial charge in [0.1, 0.15) is 0 Å². The molecule has 0 spiro atoms. The molecule has 94 valence electrons. The number of rotatable bonds is 5. The van der Waals surface area contributed by atoms with Gasteiger partial charge in [0.05, 0.1) is 5.60 Å². The van der Waals surface area contributed by atoms with Crippen molar-refractivity contribution < 1.29 is 5.11 Å². The van der Waals surface area contributed by atoms with Crippen LogP contribution in [0.3, 0.4) is 0 Å². The smallest absolute Gasteiger partial charge is 0.0771 e. The van der Waals surface area contributed by atoms with E-state index in [1.807, 2.05) is 0 Å². The van der Waals surface area contributed by atoms with E-state index < -0.39 is 5.60 Å². The van der Waals surface area contributed by atoms with Crippen LogP contribution >= 0.6 is 0 Å². The molecule has 0 aromatic carbocycles. The number of hydrogen-bond donors (Lipinski definition) is 2. The van der Waals surface area contributed by atoms with Gasteiger partial charge in [0.2, 0.25) is 0 Å². The predicted molar refractivity (Wildman–Crippen MR) is 66.6 cm³/mol. The molecule has 1 atom stereocenters. The maximum absolute atomic E-state index is 10.2. The van der Waals surface area contributed by atoms with Crippen LogP contribution in [-0.2, 0) is 0 Å². The summed E-state index contributed by atoms with van der Waals surface area (Å²) in [6, 6.07) is 0.618. The third kappa shape index (κ3) is 3.19. The highest BCUT2D eigenvalue weighted by Gasteiger charge is 2.30. The summed E-state index contributed by atoms with van der Waals surface area (Å²) in [6.45, 7) is 6.60. The van der Waals surface area contributed by atoms with E-state index in [-0.39, 0.29) is 0 Å². The fraction of sp³-hybridized carbons (Fsp3) is 1.00. The largest absolute Gasteiger partial charge is 0.389 e. The molecule has 2 N–H and O–H groups in total. The average Bonchev–Trinajstić information content (AvgIpc) is 2.88. The first-order valence-corrected chi connectivity index (χ1v) is 6.87. The molecule has 0 aromatic heterocycles. The van der Waals surface area contributed by atoms with Gasteiger partial charge in [-0.05, 0) is 45.7 Å². The highest BCUT2D eigenvalue weighted by atomic mass is 16.3. The van der Waals surface area contributed by atoms with Crippen molar-refractivity contribution in [2.45, 2.75) is 57.1 Å². The molecule has 1 unspecified atom stereocenters. The van der Waals surface area contributed by atoms with Crippen LogP contribution in [0.1, 0.15) is 45.4 Å². The molecule has 0 bridgehead atoms. The first-order chi connectivity index (χ1) is 7.70. The summed E-state index contributed by atoms with van der Waals surface area (Å²) in [5.74, 6) is 0. The molecule has 2 rings (SSSR count). The Morgan fingerprint density at radius 1 is 1.19 bits per heavy atom. The molecule has 16 heavy (non-hydrogen) atoms. The zero-order valence-electron chi connectivity index (χ0n) is 10.5. The van der Waals surface area contributed by atoms with Gasteiger partial charge in [-0.1, -0.05) is 12.8 Å². The third-order valence-electron chi connectivity index (χ3n) is 4.19. The molecular formula is C13H26N2O. The molecule has 3 heteroatoms. The van der Waals surface area contributed by atoms with Crippen LogP contribution in [0.4, 0.5) is 0 Å². The first-order valence-electron chi connectivity index (χ1n) is 6.87. The molecule has 1 saturated carbocycles. The third-order valence-corrected chi connectivity index (χ3v) is 4.19. The van der Waals surface area contributed by atoms with E-state index in [2.05, 4.69) is 17.1 Å². The molecular weight excluding hydrogens is 200 g/mol. The lowest BCUT2D eigenvalue weighted by molar-refractivity contribution is 0.0462. The standard InChI is InChI=1S/C13H26N2O/c1-12(15-8-4-5-9-15)10-14-11-13(16)6-2-3-7-13/h12,14,16H,2-11H2,1H3. The molecule has 0 amide bonds. The van der Waals surface area contributed by atoms with Crippen LogP contribution < -0.4 is 5.32 Å². The van der Waals surface area contributed by atoms with Crippen molar-refractivity contribution in [3.63, 3.8) is 0 Å². The van der Waals surface area contributed by atoms with Gasteiger partial charge in [-0.2, -0.15) is 0 Å². The Balaban J connectivity index is 1.63. The first kappa shape index (κ1) is 12.3. The van der Waals surface area contributed by atoms with Gasteiger partial charge in [-0.15, -0.1) is 0 Å². The van der Waals surface area contributed by atoms with Crippen molar-refractivity contribution in [1.82, 2.24) is 10.2 Å². The minimum Gasteiger partial charge on any atom is -0.389 e. The lowest BCUT2D eigenvalue weighted by Gasteiger charge is -2.27. The van der Waals surface area contributed by atoms with Gasteiger partial charge in [0.15, 0.2) is 0 Å². The highest BCUT2D eigenvalue weighted by molar-refractivity contribution is 4.87. The van der Waals surface area contributed by atoms with Gasteiger partial charge in [0, 0.05) is 19.1 Å². The van der Waals surface area contributed by atoms with E-state index in [1.165, 1.54) is 38.8 Å². The minimum absolute atomic E-state index is 0.398. The van der Waals surface area contributed by atoms with Gasteiger partial charge >= 0.3 is 0 Å². The number of likely N-dealkylation sites (tertiary alicyclic amines) is 1. The molecule has 3 nitrogen and oxygen atoms in total. The molecule has 0 radical (unpaired) electrons. The Kier molecular flexibility index (Phi) is 4.22. The summed E-state index contributed by atoms with van der Waals surface area (Å²) in [5, 5.41) is 13.6. The fourth-order valence-corrected chi connectivity index (χ4v) is 3.04. The Morgan fingerprint density at radius 3 is 2.44 bits per heavy atom. The molecule has 2 fully saturated rings. The van der Waals surface area contributed by atoms with Crippen molar-refractivity contribution in [3.05, 3.63) is 0 Å². The summed E-state index contributed by atoms with van der Waals surface area (Å²) < 4.78 is 0. The lowest BCUT2D eigenvalue weighted by atomic mass is 10.0. The number of nitrogens with one attached hydrogen (secondary N) is 1. The maximum Gasteiger partial charge on any atom is 0.0771 e. The second-order valence-corrected chi connectivity index (χ2v) is 5.65. The van der Waals surface area contributed by atoms with Gasteiger partial charge in [-0.3, -0.25) is 4.90 Å². The molecule has 1 saturated heterocycles. The number of aliphatic hydroxyl groups is 1. The average molecular weight is 226 g/mol. The van der Waals surface area contributed by atoms with E-state index in [0.29, 0.717) is 6.04 Å². The normalized spacial score (nSPS) is 27.4.